The molecular formula is C13H18BrF2NO2. The molecule has 0 saturated carbocycles. The van der Waals surface area contributed by atoms with E-state index in [9.17, 15) is 8.78 Å². The van der Waals surface area contributed by atoms with Gasteiger partial charge in [-0.2, -0.15) is 8.78 Å². The van der Waals surface area contributed by atoms with Crippen LogP contribution in [0.25, 0.3) is 0 Å². The highest BCUT2D eigenvalue weighted by Crippen LogP contribution is 2.25. The van der Waals surface area contributed by atoms with Crippen LogP contribution in [0.4, 0.5) is 8.78 Å². The molecule has 1 aromatic rings. The van der Waals surface area contributed by atoms with Crippen LogP contribution in [-0.4, -0.2) is 24.4 Å². The van der Waals surface area contributed by atoms with Gasteiger partial charge in [0.05, 0.1) is 0 Å². The Kier molecular flexibility index (Phi) is 6.68. The van der Waals surface area contributed by atoms with Crippen molar-refractivity contribution >= 4 is 15.9 Å². The van der Waals surface area contributed by atoms with Gasteiger partial charge in [-0.05, 0) is 31.0 Å². The predicted molar refractivity (Wildman–Crippen MR) is 73.3 cm³/mol. The van der Waals surface area contributed by atoms with E-state index in [0.717, 1.165) is 4.47 Å². The summed E-state index contributed by atoms with van der Waals surface area (Å²) in [6.07, 6.45) is 0. The molecule has 0 radical (unpaired) electrons. The molecule has 0 aromatic heterocycles. The van der Waals surface area contributed by atoms with Crippen molar-refractivity contribution in [2.75, 3.05) is 6.61 Å². The zero-order valence-electron chi connectivity index (χ0n) is 10.9. The largest absolute Gasteiger partial charge is 0.434 e. The van der Waals surface area contributed by atoms with Crippen LogP contribution >= 0.6 is 15.9 Å². The van der Waals surface area contributed by atoms with Gasteiger partial charge in [-0.15, -0.1) is 0 Å². The Balaban J connectivity index is 2.72. The molecule has 0 aliphatic heterocycles. The third kappa shape index (κ3) is 5.42. The van der Waals surface area contributed by atoms with Crippen LogP contribution in [0.5, 0.6) is 5.75 Å². The molecule has 0 bridgehead atoms. The Morgan fingerprint density at radius 2 is 2.05 bits per heavy atom. The summed E-state index contributed by atoms with van der Waals surface area (Å²) >= 11 is 3.30. The van der Waals surface area contributed by atoms with Crippen molar-refractivity contribution in [2.45, 2.75) is 33.0 Å². The second-order valence-corrected chi connectivity index (χ2v) is 5.38. The number of hydrogen-bond donors (Lipinski definition) is 2. The predicted octanol–water partition coefficient (Wildman–Crippen LogP) is 3.16. The van der Waals surface area contributed by atoms with Crippen molar-refractivity contribution in [1.29, 1.82) is 0 Å². The molecule has 0 saturated heterocycles. The Bertz CT molecular complexity index is 404. The molecule has 6 heteroatoms. The fourth-order valence-corrected chi connectivity index (χ4v) is 1.94. The van der Waals surface area contributed by atoms with Crippen LogP contribution in [0.1, 0.15) is 19.4 Å². The van der Waals surface area contributed by atoms with Crippen molar-refractivity contribution in [2.24, 2.45) is 5.92 Å². The van der Waals surface area contributed by atoms with Gasteiger partial charge in [0.15, 0.2) is 0 Å². The molecular weight excluding hydrogens is 320 g/mol. The van der Waals surface area contributed by atoms with Gasteiger partial charge in [0.2, 0.25) is 0 Å². The third-order valence-corrected chi connectivity index (χ3v) is 3.49. The third-order valence-electron chi connectivity index (χ3n) is 2.99. The van der Waals surface area contributed by atoms with E-state index in [1.165, 1.54) is 6.07 Å². The van der Waals surface area contributed by atoms with Gasteiger partial charge in [-0.1, -0.05) is 22.9 Å². The minimum Gasteiger partial charge on any atom is -0.434 e. The first kappa shape index (κ1) is 16.3. The molecule has 108 valence electrons. The summed E-state index contributed by atoms with van der Waals surface area (Å²) < 4.78 is 29.9. The number of benzene rings is 1. The summed E-state index contributed by atoms with van der Waals surface area (Å²) in [6.45, 7) is 1.48. The summed E-state index contributed by atoms with van der Waals surface area (Å²) in [5.74, 6) is 0.251. The average molecular weight is 338 g/mol. The van der Waals surface area contributed by atoms with E-state index in [-0.39, 0.29) is 24.3 Å². The maximum atomic E-state index is 12.3. The maximum Gasteiger partial charge on any atom is 0.387 e. The molecule has 3 nitrogen and oxygen atoms in total. The van der Waals surface area contributed by atoms with Crippen molar-refractivity contribution in [3.05, 3.63) is 28.2 Å². The van der Waals surface area contributed by atoms with E-state index in [0.29, 0.717) is 12.1 Å². The van der Waals surface area contributed by atoms with Gasteiger partial charge in [0, 0.05) is 29.2 Å². The SMILES string of the molecule is CC(CO)C(C)NCc1cc(Br)ccc1OC(F)F. The van der Waals surface area contributed by atoms with Crippen LogP contribution in [0.3, 0.4) is 0 Å². The fraction of sp³-hybridized carbons (Fsp3) is 0.538. The highest BCUT2D eigenvalue weighted by molar-refractivity contribution is 9.10. The topological polar surface area (TPSA) is 41.5 Å². The maximum absolute atomic E-state index is 12.3. The van der Waals surface area contributed by atoms with Crippen LogP contribution in [0, 0.1) is 5.92 Å². The minimum atomic E-state index is -2.84. The number of aliphatic hydroxyl groups excluding tert-OH is 1. The van der Waals surface area contributed by atoms with Gasteiger partial charge in [0.25, 0.3) is 0 Å². The number of alkyl halides is 2. The zero-order chi connectivity index (χ0) is 14.4. The molecule has 0 aliphatic carbocycles. The Morgan fingerprint density at radius 3 is 2.63 bits per heavy atom. The number of hydrogen-bond acceptors (Lipinski definition) is 3. The fourth-order valence-electron chi connectivity index (χ4n) is 1.53. The molecule has 19 heavy (non-hydrogen) atoms. The Hall–Kier alpha value is -0.720. The summed E-state index contributed by atoms with van der Waals surface area (Å²) in [7, 11) is 0. The monoisotopic (exact) mass is 337 g/mol. The molecule has 0 spiro atoms. The number of ether oxygens (including phenoxy) is 1. The lowest BCUT2D eigenvalue weighted by Crippen LogP contribution is -2.33. The van der Waals surface area contributed by atoms with Gasteiger partial charge in [-0.25, -0.2) is 0 Å². The van der Waals surface area contributed by atoms with E-state index >= 15 is 0 Å². The van der Waals surface area contributed by atoms with E-state index < -0.39 is 6.61 Å². The van der Waals surface area contributed by atoms with E-state index in [1.54, 1.807) is 12.1 Å². The lowest BCUT2D eigenvalue weighted by Gasteiger charge is -2.20. The number of halogens is 3. The van der Waals surface area contributed by atoms with Crippen LogP contribution in [0.15, 0.2) is 22.7 Å². The molecule has 1 aromatic carbocycles. The van der Waals surface area contributed by atoms with Crippen molar-refractivity contribution < 1.29 is 18.6 Å². The molecule has 0 aliphatic rings. The van der Waals surface area contributed by atoms with Gasteiger partial charge >= 0.3 is 6.61 Å². The Labute approximate surface area is 120 Å². The lowest BCUT2D eigenvalue weighted by molar-refractivity contribution is -0.0505. The van der Waals surface area contributed by atoms with Gasteiger partial charge in [0.1, 0.15) is 5.75 Å². The number of aliphatic hydroxyl groups is 1. The second-order valence-electron chi connectivity index (χ2n) is 4.46. The van der Waals surface area contributed by atoms with Gasteiger partial charge < -0.3 is 15.2 Å². The van der Waals surface area contributed by atoms with Crippen molar-refractivity contribution in [3.8, 4) is 5.75 Å². The van der Waals surface area contributed by atoms with Crippen molar-refractivity contribution in [3.63, 3.8) is 0 Å². The van der Waals surface area contributed by atoms with Crippen LogP contribution < -0.4 is 10.1 Å². The summed E-state index contributed by atoms with van der Waals surface area (Å²) in [5.41, 5.74) is 0.645. The lowest BCUT2D eigenvalue weighted by atomic mass is 10.0. The molecule has 2 atom stereocenters. The van der Waals surface area contributed by atoms with E-state index in [4.69, 9.17) is 5.11 Å². The molecule has 2 unspecified atom stereocenters. The zero-order valence-corrected chi connectivity index (χ0v) is 12.5. The van der Waals surface area contributed by atoms with Crippen LogP contribution in [-0.2, 0) is 6.54 Å². The van der Waals surface area contributed by atoms with Crippen LogP contribution in [0.2, 0.25) is 0 Å². The van der Waals surface area contributed by atoms with E-state index in [1.807, 2.05) is 13.8 Å². The summed E-state index contributed by atoms with van der Waals surface area (Å²) in [6, 6.07) is 4.97. The standard InChI is InChI=1S/C13H18BrF2NO2/c1-8(7-18)9(2)17-6-10-5-11(14)3-4-12(10)19-13(15)16/h3-5,8-9,13,17-18H,6-7H2,1-2H3. The normalized spacial score (nSPS) is 14.5. The summed E-state index contributed by atoms with van der Waals surface area (Å²) in [5, 5.41) is 12.2. The van der Waals surface area contributed by atoms with Crippen molar-refractivity contribution in [1.82, 2.24) is 5.32 Å². The average Bonchev–Trinajstić information content (AvgIpc) is 2.37. The van der Waals surface area contributed by atoms with E-state index in [2.05, 4.69) is 26.0 Å². The molecule has 1 rings (SSSR count). The molecule has 0 amide bonds. The molecule has 2 N–H and O–H groups in total. The minimum absolute atomic E-state index is 0.0726. The first-order chi connectivity index (χ1) is 8.93. The highest BCUT2D eigenvalue weighted by atomic mass is 79.9. The molecule has 0 heterocycles. The summed E-state index contributed by atoms with van der Waals surface area (Å²) in [4.78, 5) is 0. The number of nitrogens with one attached hydrogen (secondary N) is 1. The second kappa shape index (κ2) is 7.77. The molecule has 0 fully saturated rings. The smallest absolute Gasteiger partial charge is 0.387 e. The number of rotatable bonds is 7. The Morgan fingerprint density at radius 1 is 1.37 bits per heavy atom. The first-order valence-electron chi connectivity index (χ1n) is 6.01. The quantitative estimate of drug-likeness (QED) is 0.803. The first-order valence-corrected chi connectivity index (χ1v) is 6.80. The van der Waals surface area contributed by atoms with Gasteiger partial charge in [-0.3, -0.25) is 0 Å². The highest BCUT2D eigenvalue weighted by Gasteiger charge is 2.13.